The monoisotopic (exact) mass is 330 g/mol. The van der Waals surface area contributed by atoms with E-state index in [0.29, 0.717) is 3.57 Å². The number of rotatable bonds is 2. The smallest absolute Gasteiger partial charge is 1.00 e. The van der Waals surface area contributed by atoms with Crippen molar-refractivity contribution in [2.75, 3.05) is 7.11 Å². The summed E-state index contributed by atoms with van der Waals surface area (Å²) in [5.74, 6) is -1.60. The molecule has 76 valence electrons. The van der Waals surface area contributed by atoms with Crippen molar-refractivity contribution in [2.24, 2.45) is 0 Å². The van der Waals surface area contributed by atoms with Gasteiger partial charge in [-0.05, 0) is 40.8 Å². The van der Waals surface area contributed by atoms with Crippen LogP contribution in [0.15, 0.2) is 18.2 Å². The van der Waals surface area contributed by atoms with E-state index in [-0.39, 0.29) is 42.1 Å². The molecule has 6 heteroatoms. The summed E-state index contributed by atoms with van der Waals surface area (Å²) in [7, 11) is 1.25. The van der Waals surface area contributed by atoms with E-state index in [1.54, 1.807) is 6.07 Å². The van der Waals surface area contributed by atoms with Crippen LogP contribution in [0, 0.1) is 3.57 Å². The number of carboxylic acids is 1. The molecule has 0 radical (unpaired) electrons. The van der Waals surface area contributed by atoms with Crippen LogP contribution in [-0.4, -0.2) is 24.2 Å². The number of carboxylic acid groups (broad SMARTS) is 1. The number of ether oxygens (including phenoxy) is 1. The van der Waals surface area contributed by atoms with E-state index in [2.05, 4.69) is 4.74 Å². The zero-order valence-electron chi connectivity index (χ0n) is 9.28. The molecule has 0 spiro atoms. The summed E-state index contributed by atoms with van der Waals surface area (Å²) in [6.07, 6.45) is 0. The Bertz CT molecular complexity index is 397. The van der Waals surface area contributed by atoms with E-state index in [0.717, 1.165) is 0 Å². The number of hydrogen-bond donors (Lipinski definition) is 1. The number of hydrogen-bond acceptors (Lipinski definition) is 3. The molecule has 1 N–H and O–H groups in total. The molecule has 0 aliphatic heterocycles. The molecule has 0 aromatic heterocycles. The first kappa shape index (κ1) is 14.9. The molecule has 1 aromatic rings. The third-order valence-corrected chi connectivity index (χ3v) is 2.19. The normalized spacial score (nSPS) is 8.93. The predicted octanol–water partition coefficient (Wildman–Crippen LogP) is -1.11. The maximum absolute atomic E-state index is 11.1. The standard InChI is InChI=1S/C9H7IO4.Na.H/c1-14-9(13)6-2-5(8(11)12)3-7(10)4-6;;/h2-4H,1H3,(H,11,12);;/q;+1;-1. The number of carbonyl (C=O) groups excluding carboxylic acids is 1. The number of carbonyl (C=O) groups is 2. The minimum atomic E-state index is -1.06. The molecule has 0 heterocycles. The van der Waals surface area contributed by atoms with E-state index in [1.807, 2.05) is 22.6 Å². The van der Waals surface area contributed by atoms with Crippen molar-refractivity contribution in [3.63, 3.8) is 0 Å². The van der Waals surface area contributed by atoms with Crippen molar-refractivity contribution in [1.82, 2.24) is 0 Å². The van der Waals surface area contributed by atoms with Gasteiger partial charge >= 0.3 is 41.5 Å². The largest absolute Gasteiger partial charge is 1.00 e. The Balaban J connectivity index is 0. The average Bonchev–Trinajstić information content (AvgIpc) is 2.15. The molecule has 0 aliphatic carbocycles. The summed E-state index contributed by atoms with van der Waals surface area (Å²) in [6.45, 7) is 0. The molecule has 0 amide bonds. The molecule has 0 saturated carbocycles. The number of esters is 1. The van der Waals surface area contributed by atoms with Crippen molar-refractivity contribution in [3.8, 4) is 0 Å². The van der Waals surface area contributed by atoms with Crippen LogP contribution in [-0.2, 0) is 4.74 Å². The fourth-order valence-electron chi connectivity index (χ4n) is 0.949. The zero-order chi connectivity index (χ0) is 10.7. The van der Waals surface area contributed by atoms with E-state index in [4.69, 9.17) is 5.11 Å². The predicted molar refractivity (Wildman–Crippen MR) is 58.6 cm³/mol. The third-order valence-electron chi connectivity index (χ3n) is 1.57. The zero-order valence-corrected chi connectivity index (χ0v) is 12.4. The van der Waals surface area contributed by atoms with E-state index < -0.39 is 11.9 Å². The first-order chi connectivity index (χ1) is 6.54. The Hall–Kier alpha value is -0.110. The van der Waals surface area contributed by atoms with Gasteiger partial charge in [0.15, 0.2) is 0 Å². The van der Waals surface area contributed by atoms with Crippen molar-refractivity contribution in [1.29, 1.82) is 0 Å². The quantitative estimate of drug-likeness (QED) is 0.425. The summed E-state index contributed by atoms with van der Waals surface area (Å²) in [5.41, 5.74) is 0.328. The molecule has 0 saturated heterocycles. The number of methoxy groups -OCH3 is 1. The van der Waals surface area contributed by atoms with Gasteiger partial charge in [-0.25, -0.2) is 9.59 Å². The van der Waals surface area contributed by atoms with E-state index >= 15 is 0 Å². The van der Waals surface area contributed by atoms with Gasteiger partial charge in [-0.1, -0.05) is 0 Å². The average molecular weight is 330 g/mol. The molecule has 0 unspecified atom stereocenters. The van der Waals surface area contributed by atoms with Gasteiger partial charge in [0.1, 0.15) is 0 Å². The van der Waals surface area contributed by atoms with E-state index in [1.165, 1.54) is 19.2 Å². The molecule has 0 fully saturated rings. The number of aromatic carboxylic acids is 1. The maximum atomic E-state index is 11.1. The first-order valence-corrected chi connectivity index (χ1v) is 4.74. The van der Waals surface area contributed by atoms with Crippen LogP contribution in [0.2, 0.25) is 0 Å². The summed E-state index contributed by atoms with van der Waals surface area (Å²) in [5, 5.41) is 8.73. The van der Waals surface area contributed by atoms with Crippen molar-refractivity contribution in [3.05, 3.63) is 32.9 Å². The van der Waals surface area contributed by atoms with Gasteiger partial charge in [0.05, 0.1) is 18.2 Å². The van der Waals surface area contributed by atoms with Gasteiger partial charge in [-0.15, -0.1) is 0 Å². The third kappa shape index (κ3) is 4.10. The van der Waals surface area contributed by atoms with Gasteiger partial charge in [-0.2, -0.15) is 0 Å². The molecule has 1 aromatic carbocycles. The Kier molecular flexibility index (Phi) is 6.42. The fourth-order valence-corrected chi connectivity index (χ4v) is 1.62. The molecule has 0 atom stereocenters. The number of benzene rings is 1. The maximum Gasteiger partial charge on any atom is 1.00 e. The van der Waals surface area contributed by atoms with E-state index in [9.17, 15) is 9.59 Å². The van der Waals surface area contributed by atoms with Crippen LogP contribution in [0.1, 0.15) is 22.1 Å². The van der Waals surface area contributed by atoms with Crippen LogP contribution in [0.3, 0.4) is 0 Å². The van der Waals surface area contributed by atoms with Crippen molar-refractivity contribution in [2.45, 2.75) is 0 Å². The summed E-state index contributed by atoms with van der Waals surface area (Å²) >= 11 is 1.94. The Labute approximate surface area is 124 Å². The van der Waals surface area contributed by atoms with Gasteiger partial charge in [-0.3, -0.25) is 0 Å². The fraction of sp³-hybridized carbons (Fsp3) is 0.111. The first-order valence-electron chi connectivity index (χ1n) is 3.67. The minimum Gasteiger partial charge on any atom is -1.00 e. The van der Waals surface area contributed by atoms with Crippen molar-refractivity contribution < 1.29 is 50.4 Å². The van der Waals surface area contributed by atoms with Crippen LogP contribution in [0.4, 0.5) is 0 Å². The Morgan fingerprint density at radius 1 is 1.33 bits per heavy atom. The second-order valence-electron chi connectivity index (χ2n) is 2.53. The van der Waals surface area contributed by atoms with Crippen LogP contribution in [0.5, 0.6) is 0 Å². The molecule has 1 rings (SSSR count). The molecule has 0 bridgehead atoms. The summed E-state index contributed by atoms with van der Waals surface area (Å²) in [4.78, 5) is 21.8. The van der Waals surface area contributed by atoms with Crippen molar-refractivity contribution >= 4 is 34.5 Å². The Morgan fingerprint density at radius 2 is 1.87 bits per heavy atom. The SMILES string of the molecule is COC(=O)c1cc(I)cc(C(=O)O)c1.[H-].[Na+]. The van der Waals surface area contributed by atoms with Crippen LogP contribution >= 0.6 is 22.6 Å². The second-order valence-corrected chi connectivity index (χ2v) is 3.77. The second kappa shape index (κ2) is 6.47. The van der Waals surface area contributed by atoms with Gasteiger partial charge < -0.3 is 11.3 Å². The van der Waals surface area contributed by atoms with Crippen LogP contribution in [0.25, 0.3) is 0 Å². The molecular weight excluding hydrogens is 322 g/mol. The number of halogens is 1. The van der Waals surface area contributed by atoms with Gasteiger partial charge in [0.2, 0.25) is 0 Å². The molecule has 4 nitrogen and oxygen atoms in total. The molecule has 15 heavy (non-hydrogen) atoms. The van der Waals surface area contributed by atoms with Gasteiger partial charge in [0.25, 0.3) is 0 Å². The molecular formula is C9H8INaO4. The molecule has 0 aliphatic rings. The minimum absolute atomic E-state index is 0. The Morgan fingerprint density at radius 3 is 2.33 bits per heavy atom. The topological polar surface area (TPSA) is 63.6 Å². The van der Waals surface area contributed by atoms with Crippen LogP contribution < -0.4 is 29.6 Å². The summed E-state index contributed by atoms with van der Waals surface area (Å²) < 4.78 is 5.17. The summed E-state index contributed by atoms with van der Waals surface area (Å²) in [6, 6.07) is 4.34. The van der Waals surface area contributed by atoms with Gasteiger partial charge in [0, 0.05) is 3.57 Å².